The number of hydrogen-bond donors (Lipinski definition) is 1. The van der Waals surface area contributed by atoms with Crippen molar-refractivity contribution in [1.82, 2.24) is 15.1 Å². The lowest BCUT2D eigenvalue weighted by molar-refractivity contribution is -0.384. The van der Waals surface area contributed by atoms with E-state index in [9.17, 15) is 19.7 Å². The second-order valence-electron chi connectivity index (χ2n) is 6.87. The van der Waals surface area contributed by atoms with Crippen molar-refractivity contribution in [3.63, 3.8) is 0 Å². The molecular weight excluding hydrogens is 442 g/mol. The number of rotatable bonds is 5. The van der Waals surface area contributed by atoms with Gasteiger partial charge in [-0.1, -0.05) is 41.1 Å². The predicted molar refractivity (Wildman–Crippen MR) is 116 cm³/mol. The predicted octanol–water partition coefficient (Wildman–Crippen LogP) is 4.01. The Morgan fingerprint density at radius 2 is 1.97 bits per heavy atom. The number of nitro groups is 1. The zero-order valence-corrected chi connectivity index (χ0v) is 17.6. The number of halogens is 1. The van der Waals surface area contributed by atoms with Gasteiger partial charge >= 0.3 is 0 Å². The summed E-state index contributed by atoms with van der Waals surface area (Å²) in [5.41, 5.74) is 0.829. The second-order valence-corrected chi connectivity index (χ2v) is 8.29. The Morgan fingerprint density at radius 1 is 1.19 bits per heavy atom. The Morgan fingerprint density at radius 3 is 2.71 bits per heavy atom. The smallest absolute Gasteiger partial charge is 0.270 e. The zero-order chi connectivity index (χ0) is 22.0. The van der Waals surface area contributed by atoms with Crippen LogP contribution in [0.25, 0.3) is 10.6 Å². The second kappa shape index (κ2) is 8.78. The molecule has 1 atom stereocenters. The van der Waals surface area contributed by atoms with E-state index in [1.165, 1.54) is 40.5 Å². The fourth-order valence-electron chi connectivity index (χ4n) is 3.37. The number of hydrogen-bond acceptors (Lipinski definition) is 7. The molecule has 11 heteroatoms. The third-order valence-corrected chi connectivity index (χ3v) is 6.01. The summed E-state index contributed by atoms with van der Waals surface area (Å²) >= 11 is 7.11. The molecule has 0 spiro atoms. The highest BCUT2D eigenvalue weighted by Gasteiger charge is 2.35. The van der Waals surface area contributed by atoms with Crippen LogP contribution in [0, 0.1) is 10.1 Å². The number of likely N-dealkylation sites (tertiary alicyclic amines) is 1. The van der Waals surface area contributed by atoms with Crippen LogP contribution in [0.2, 0.25) is 5.02 Å². The summed E-state index contributed by atoms with van der Waals surface area (Å²) in [6.07, 6.45) is 1.15. The van der Waals surface area contributed by atoms with E-state index in [0.29, 0.717) is 34.5 Å². The third-order valence-electron chi connectivity index (χ3n) is 4.87. The molecule has 0 bridgehead atoms. The average molecular weight is 458 g/mol. The van der Waals surface area contributed by atoms with Gasteiger partial charge in [-0.05, 0) is 31.0 Å². The Balaban J connectivity index is 1.47. The van der Waals surface area contributed by atoms with Crippen LogP contribution < -0.4 is 5.32 Å². The van der Waals surface area contributed by atoms with Gasteiger partial charge < -0.3 is 4.90 Å². The van der Waals surface area contributed by atoms with Crippen LogP contribution >= 0.6 is 22.9 Å². The Hall–Kier alpha value is -3.37. The number of carbonyl (C=O) groups is 2. The van der Waals surface area contributed by atoms with E-state index < -0.39 is 16.9 Å². The quantitative estimate of drug-likeness (QED) is 0.456. The van der Waals surface area contributed by atoms with Crippen molar-refractivity contribution < 1.29 is 14.5 Å². The van der Waals surface area contributed by atoms with Crippen molar-refractivity contribution >= 4 is 45.6 Å². The molecule has 1 unspecified atom stereocenters. The maximum atomic E-state index is 12.9. The molecule has 0 radical (unpaired) electrons. The van der Waals surface area contributed by atoms with Gasteiger partial charge in [0.05, 0.1) is 4.92 Å². The first-order valence-corrected chi connectivity index (χ1v) is 10.6. The van der Waals surface area contributed by atoms with Gasteiger partial charge in [0.2, 0.25) is 11.0 Å². The van der Waals surface area contributed by atoms with Gasteiger partial charge in [-0.25, -0.2) is 0 Å². The van der Waals surface area contributed by atoms with Crippen LogP contribution in [-0.2, 0) is 4.79 Å². The minimum Gasteiger partial charge on any atom is -0.327 e. The molecule has 2 amide bonds. The first-order valence-electron chi connectivity index (χ1n) is 9.38. The van der Waals surface area contributed by atoms with Crippen LogP contribution in [-0.4, -0.2) is 44.4 Å². The van der Waals surface area contributed by atoms with Crippen molar-refractivity contribution in [2.45, 2.75) is 18.9 Å². The van der Waals surface area contributed by atoms with Gasteiger partial charge in [0, 0.05) is 34.8 Å². The van der Waals surface area contributed by atoms with Crippen molar-refractivity contribution in [2.24, 2.45) is 0 Å². The first kappa shape index (κ1) is 20.9. The lowest BCUT2D eigenvalue weighted by atomic mass is 10.1. The van der Waals surface area contributed by atoms with Gasteiger partial charge in [-0.2, -0.15) is 0 Å². The van der Waals surface area contributed by atoms with Gasteiger partial charge in [-0.15, -0.1) is 10.2 Å². The summed E-state index contributed by atoms with van der Waals surface area (Å²) in [6, 6.07) is 11.9. The number of benzene rings is 2. The van der Waals surface area contributed by atoms with E-state index in [2.05, 4.69) is 15.5 Å². The van der Waals surface area contributed by atoms with Gasteiger partial charge in [0.25, 0.3) is 11.6 Å². The minimum absolute atomic E-state index is 0.172. The third kappa shape index (κ3) is 4.54. The Kier molecular flexibility index (Phi) is 5.92. The standard InChI is InChI=1S/C20H16ClN5O4S/c21-14-8-6-12(7-9-14)18-23-24-20(31-18)22-17(27)16-5-2-10-25(16)19(28)13-3-1-4-15(11-13)26(29)30/h1,3-4,6-9,11,16H,2,5,10H2,(H,22,24,27). The SMILES string of the molecule is O=C(Nc1nnc(-c2ccc(Cl)cc2)s1)C1CCCN1C(=O)c1cccc([N+](=O)[O-])c1. The van der Waals surface area contributed by atoms with E-state index in [4.69, 9.17) is 11.6 Å². The van der Waals surface area contributed by atoms with Gasteiger partial charge in [0.15, 0.2) is 0 Å². The monoisotopic (exact) mass is 457 g/mol. The van der Waals surface area contributed by atoms with E-state index in [1.807, 2.05) is 12.1 Å². The van der Waals surface area contributed by atoms with Crippen molar-refractivity contribution in [3.05, 3.63) is 69.2 Å². The molecule has 1 N–H and O–H groups in total. The number of carbonyl (C=O) groups excluding carboxylic acids is 2. The number of non-ortho nitro benzene ring substituents is 1. The van der Waals surface area contributed by atoms with E-state index in [-0.39, 0.29) is 17.2 Å². The summed E-state index contributed by atoms with van der Waals surface area (Å²) < 4.78 is 0. The van der Waals surface area contributed by atoms with Gasteiger partial charge in [0.1, 0.15) is 11.0 Å². The molecule has 1 saturated heterocycles. The maximum absolute atomic E-state index is 12.9. The maximum Gasteiger partial charge on any atom is 0.270 e. The Labute approximate surface area is 185 Å². The summed E-state index contributed by atoms with van der Waals surface area (Å²) in [5, 5.41) is 23.4. The lowest BCUT2D eigenvalue weighted by Crippen LogP contribution is -2.43. The molecule has 1 aliphatic rings. The van der Waals surface area contributed by atoms with Crippen LogP contribution in [0.4, 0.5) is 10.8 Å². The molecule has 9 nitrogen and oxygen atoms in total. The average Bonchev–Trinajstić information content (AvgIpc) is 3.44. The molecule has 158 valence electrons. The topological polar surface area (TPSA) is 118 Å². The molecule has 0 aliphatic carbocycles. The molecule has 1 aromatic heterocycles. The molecule has 1 aliphatic heterocycles. The lowest BCUT2D eigenvalue weighted by Gasteiger charge is -2.23. The zero-order valence-electron chi connectivity index (χ0n) is 16.0. The molecule has 0 saturated carbocycles. The summed E-state index contributed by atoms with van der Waals surface area (Å²) in [5.74, 6) is -0.782. The van der Waals surface area contributed by atoms with E-state index >= 15 is 0 Å². The van der Waals surface area contributed by atoms with Crippen LogP contribution in [0.3, 0.4) is 0 Å². The highest BCUT2D eigenvalue weighted by Crippen LogP contribution is 2.28. The fourth-order valence-corrected chi connectivity index (χ4v) is 4.25. The van der Waals surface area contributed by atoms with Crippen molar-refractivity contribution in [3.8, 4) is 10.6 Å². The number of anilines is 1. The van der Waals surface area contributed by atoms with Crippen LogP contribution in [0.1, 0.15) is 23.2 Å². The molecule has 2 heterocycles. The number of nitro benzene ring substituents is 1. The van der Waals surface area contributed by atoms with Crippen molar-refractivity contribution in [2.75, 3.05) is 11.9 Å². The fraction of sp³-hybridized carbons (Fsp3) is 0.200. The Bertz CT molecular complexity index is 1150. The van der Waals surface area contributed by atoms with Crippen molar-refractivity contribution in [1.29, 1.82) is 0 Å². The molecule has 1 fully saturated rings. The number of nitrogens with zero attached hydrogens (tertiary/aromatic N) is 4. The summed E-state index contributed by atoms with van der Waals surface area (Å²) in [4.78, 5) is 37.6. The van der Waals surface area contributed by atoms with Gasteiger partial charge in [-0.3, -0.25) is 25.0 Å². The number of aromatic nitrogens is 2. The minimum atomic E-state index is -0.686. The largest absolute Gasteiger partial charge is 0.327 e. The van der Waals surface area contributed by atoms with Crippen LogP contribution in [0.5, 0.6) is 0 Å². The molecular formula is C20H16ClN5O4S. The molecule has 4 rings (SSSR count). The first-order chi connectivity index (χ1) is 14.9. The van der Waals surface area contributed by atoms with E-state index in [0.717, 1.165) is 5.56 Å². The highest BCUT2D eigenvalue weighted by molar-refractivity contribution is 7.18. The number of amides is 2. The number of nitrogens with one attached hydrogen (secondary N) is 1. The molecule has 3 aromatic rings. The summed E-state index contributed by atoms with van der Waals surface area (Å²) in [6.45, 7) is 0.395. The summed E-state index contributed by atoms with van der Waals surface area (Å²) in [7, 11) is 0. The molecule has 2 aromatic carbocycles. The normalized spacial score (nSPS) is 15.6. The van der Waals surface area contributed by atoms with Crippen LogP contribution in [0.15, 0.2) is 48.5 Å². The molecule has 31 heavy (non-hydrogen) atoms. The highest BCUT2D eigenvalue weighted by atomic mass is 35.5. The van der Waals surface area contributed by atoms with E-state index in [1.54, 1.807) is 12.1 Å².